The van der Waals surface area contributed by atoms with E-state index in [2.05, 4.69) is 4.90 Å². The van der Waals surface area contributed by atoms with E-state index in [0.29, 0.717) is 26.2 Å². The Kier molecular flexibility index (Phi) is 4.78. The number of anilines is 1. The molecule has 0 atom stereocenters. The summed E-state index contributed by atoms with van der Waals surface area (Å²) < 4.78 is 0. The molecule has 0 aromatic heterocycles. The highest BCUT2D eigenvalue weighted by atomic mass is 16.5. The predicted octanol–water partition coefficient (Wildman–Crippen LogP) is 1.01. The van der Waals surface area contributed by atoms with Crippen LogP contribution in [-0.2, 0) is 4.79 Å². The van der Waals surface area contributed by atoms with E-state index in [1.807, 2.05) is 24.3 Å². The van der Waals surface area contributed by atoms with Crippen LogP contribution in [0.1, 0.15) is 5.56 Å². The molecule has 0 spiro atoms. The number of rotatable bonds is 3. The Morgan fingerprint density at radius 3 is 2.43 bits per heavy atom. The fourth-order valence-corrected chi connectivity index (χ4v) is 2.26. The molecule has 2 amide bonds. The molecule has 1 heterocycles. The second kappa shape index (κ2) is 6.76. The summed E-state index contributed by atoms with van der Waals surface area (Å²) in [6.07, 6.45) is 1.96. The first-order chi connectivity index (χ1) is 10.1. The van der Waals surface area contributed by atoms with Crippen molar-refractivity contribution in [3.05, 3.63) is 35.9 Å². The lowest BCUT2D eigenvalue weighted by Crippen LogP contribution is -2.48. The molecule has 1 aromatic carbocycles. The van der Waals surface area contributed by atoms with Gasteiger partial charge in [0.25, 0.3) is 5.91 Å². The topological polar surface area (TPSA) is 93.1 Å². The Balaban J connectivity index is 2.12. The SMILES string of the molecule is O=C(/C=C/c1ccccc1N1CCN(C(=O)O)CC1)NO. The van der Waals surface area contributed by atoms with E-state index >= 15 is 0 Å². The lowest BCUT2D eigenvalue weighted by molar-refractivity contribution is -0.124. The van der Waals surface area contributed by atoms with Crippen LogP contribution in [0.5, 0.6) is 0 Å². The minimum atomic E-state index is -0.901. The van der Waals surface area contributed by atoms with E-state index in [0.717, 1.165) is 11.3 Å². The smallest absolute Gasteiger partial charge is 0.407 e. The number of amides is 2. The van der Waals surface area contributed by atoms with Gasteiger partial charge in [-0.1, -0.05) is 18.2 Å². The fraction of sp³-hybridized carbons (Fsp3) is 0.286. The number of hydrogen-bond donors (Lipinski definition) is 3. The summed E-state index contributed by atoms with van der Waals surface area (Å²) in [4.78, 5) is 25.4. The van der Waals surface area contributed by atoms with Gasteiger partial charge in [-0.15, -0.1) is 0 Å². The summed E-state index contributed by atoms with van der Waals surface area (Å²) in [5.41, 5.74) is 3.31. The molecule has 0 unspecified atom stereocenters. The molecular formula is C14H17N3O4. The average Bonchev–Trinajstić information content (AvgIpc) is 2.53. The quantitative estimate of drug-likeness (QED) is 0.439. The van der Waals surface area contributed by atoms with Crippen molar-refractivity contribution in [2.24, 2.45) is 0 Å². The van der Waals surface area contributed by atoms with Crippen LogP contribution in [-0.4, -0.2) is 53.4 Å². The number of hydroxylamine groups is 1. The van der Waals surface area contributed by atoms with Crippen molar-refractivity contribution in [1.29, 1.82) is 0 Å². The van der Waals surface area contributed by atoms with Crippen LogP contribution in [0.3, 0.4) is 0 Å². The molecule has 0 radical (unpaired) electrons. The Morgan fingerprint density at radius 1 is 1.14 bits per heavy atom. The number of nitrogens with zero attached hydrogens (tertiary/aromatic N) is 2. The number of para-hydroxylation sites is 1. The molecule has 1 aromatic rings. The summed E-state index contributed by atoms with van der Waals surface area (Å²) in [5, 5.41) is 17.4. The summed E-state index contributed by atoms with van der Waals surface area (Å²) >= 11 is 0. The molecule has 1 saturated heterocycles. The Morgan fingerprint density at radius 2 is 1.81 bits per heavy atom. The number of carbonyl (C=O) groups is 2. The predicted molar refractivity (Wildman–Crippen MR) is 77.2 cm³/mol. The fourth-order valence-electron chi connectivity index (χ4n) is 2.26. The molecule has 21 heavy (non-hydrogen) atoms. The van der Waals surface area contributed by atoms with Crippen LogP contribution in [0.25, 0.3) is 6.08 Å². The number of benzene rings is 1. The molecule has 0 bridgehead atoms. The second-order valence-electron chi connectivity index (χ2n) is 4.62. The zero-order valence-electron chi connectivity index (χ0n) is 11.4. The zero-order valence-corrected chi connectivity index (χ0v) is 11.4. The van der Waals surface area contributed by atoms with Gasteiger partial charge in [0.2, 0.25) is 0 Å². The van der Waals surface area contributed by atoms with Gasteiger partial charge in [-0.2, -0.15) is 0 Å². The van der Waals surface area contributed by atoms with Gasteiger partial charge < -0.3 is 14.9 Å². The third-order valence-electron chi connectivity index (χ3n) is 3.35. The molecular weight excluding hydrogens is 274 g/mol. The highest BCUT2D eigenvalue weighted by molar-refractivity contribution is 5.91. The standard InChI is InChI=1S/C14H17N3O4/c18-13(15-21)6-5-11-3-1-2-4-12(11)16-7-9-17(10-8-16)14(19)20/h1-6,21H,7-10H2,(H,15,18)(H,19,20)/b6-5+. The van der Waals surface area contributed by atoms with E-state index in [1.165, 1.54) is 11.0 Å². The van der Waals surface area contributed by atoms with E-state index in [9.17, 15) is 9.59 Å². The van der Waals surface area contributed by atoms with Gasteiger partial charge in [0, 0.05) is 37.9 Å². The third kappa shape index (κ3) is 3.73. The minimum absolute atomic E-state index is 0.449. The molecule has 0 aliphatic carbocycles. The monoisotopic (exact) mass is 291 g/mol. The third-order valence-corrected chi connectivity index (χ3v) is 3.35. The number of piperazine rings is 1. The largest absolute Gasteiger partial charge is 0.465 e. The van der Waals surface area contributed by atoms with Crippen molar-refractivity contribution in [2.75, 3.05) is 31.1 Å². The van der Waals surface area contributed by atoms with Gasteiger partial charge in [0.05, 0.1) is 0 Å². The molecule has 1 fully saturated rings. The lowest BCUT2D eigenvalue weighted by Gasteiger charge is -2.35. The first-order valence-corrected chi connectivity index (χ1v) is 6.56. The van der Waals surface area contributed by atoms with Crippen molar-refractivity contribution < 1.29 is 19.9 Å². The van der Waals surface area contributed by atoms with E-state index in [-0.39, 0.29) is 0 Å². The van der Waals surface area contributed by atoms with Crippen molar-refractivity contribution in [3.63, 3.8) is 0 Å². The molecule has 7 nitrogen and oxygen atoms in total. The highest BCUT2D eigenvalue weighted by Gasteiger charge is 2.21. The number of hydrogen-bond acceptors (Lipinski definition) is 4. The maximum absolute atomic E-state index is 11.1. The maximum Gasteiger partial charge on any atom is 0.407 e. The summed E-state index contributed by atoms with van der Waals surface area (Å²) in [6, 6.07) is 7.53. The zero-order chi connectivity index (χ0) is 15.2. The molecule has 7 heteroatoms. The normalized spacial score (nSPS) is 15.3. The number of nitrogens with one attached hydrogen (secondary N) is 1. The Hall–Kier alpha value is -2.54. The van der Waals surface area contributed by atoms with Gasteiger partial charge in [0.15, 0.2) is 0 Å². The van der Waals surface area contributed by atoms with Gasteiger partial charge in [-0.05, 0) is 17.7 Å². The molecule has 112 valence electrons. The first-order valence-electron chi connectivity index (χ1n) is 6.56. The van der Waals surface area contributed by atoms with Crippen LogP contribution in [0, 0.1) is 0 Å². The van der Waals surface area contributed by atoms with Gasteiger partial charge in [-0.25, -0.2) is 10.3 Å². The lowest BCUT2D eigenvalue weighted by atomic mass is 10.1. The van der Waals surface area contributed by atoms with Gasteiger partial charge in [-0.3, -0.25) is 10.0 Å². The van der Waals surface area contributed by atoms with Crippen LogP contribution >= 0.6 is 0 Å². The Bertz CT molecular complexity index is 551. The van der Waals surface area contributed by atoms with Crippen molar-refractivity contribution >= 4 is 23.8 Å². The van der Waals surface area contributed by atoms with Crippen LogP contribution in [0.4, 0.5) is 10.5 Å². The minimum Gasteiger partial charge on any atom is -0.465 e. The van der Waals surface area contributed by atoms with Crippen molar-refractivity contribution in [2.45, 2.75) is 0 Å². The van der Waals surface area contributed by atoms with Crippen LogP contribution < -0.4 is 10.4 Å². The Labute approximate surface area is 122 Å². The maximum atomic E-state index is 11.1. The molecule has 2 rings (SSSR count). The number of carbonyl (C=O) groups excluding carboxylic acids is 1. The summed E-state index contributed by atoms with van der Waals surface area (Å²) in [6.45, 7) is 2.10. The van der Waals surface area contributed by atoms with Crippen molar-refractivity contribution in [3.8, 4) is 0 Å². The van der Waals surface area contributed by atoms with Crippen LogP contribution in [0.2, 0.25) is 0 Å². The van der Waals surface area contributed by atoms with E-state index < -0.39 is 12.0 Å². The first kappa shape index (κ1) is 14.9. The van der Waals surface area contributed by atoms with Crippen molar-refractivity contribution in [1.82, 2.24) is 10.4 Å². The van der Waals surface area contributed by atoms with Gasteiger partial charge >= 0.3 is 6.09 Å². The molecule has 0 saturated carbocycles. The van der Waals surface area contributed by atoms with E-state index in [4.69, 9.17) is 10.3 Å². The molecule has 3 N–H and O–H groups in total. The summed E-state index contributed by atoms with van der Waals surface area (Å²) in [7, 11) is 0. The number of carboxylic acid groups (broad SMARTS) is 1. The van der Waals surface area contributed by atoms with Crippen LogP contribution in [0.15, 0.2) is 30.3 Å². The second-order valence-corrected chi connectivity index (χ2v) is 4.62. The average molecular weight is 291 g/mol. The summed E-state index contributed by atoms with van der Waals surface area (Å²) in [5.74, 6) is -0.597. The van der Waals surface area contributed by atoms with E-state index in [1.54, 1.807) is 11.6 Å². The molecule has 1 aliphatic heterocycles. The van der Waals surface area contributed by atoms with Gasteiger partial charge in [0.1, 0.15) is 0 Å². The molecule has 1 aliphatic rings. The highest BCUT2D eigenvalue weighted by Crippen LogP contribution is 2.23.